The maximum absolute atomic E-state index is 13.0. The molecule has 2 aromatic carbocycles. The molecule has 7 heteroatoms. The Hall–Kier alpha value is -3.19. The van der Waals surface area contributed by atoms with Crippen LogP contribution >= 0.6 is 0 Å². The molecule has 6 nitrogen and oxygen atoms in total. The first kappa shape index (κ1) is 21.1. The van der Waals surface area contributed by atoms with E-state index in [0.29, 0.717) is 19.5 Å². The molecule has 0 saturated carbocycles. The van der Waals surface area contributed by atoms with E-state index < -0.39 is 0 Å². The Bertz CT molecular complexity index is 1010. The Labute approximate surface area is 181 Å². The molecule has 31 heavy (non-hydrogen) atoms. The van der Waals surface area contributed by atoms with Crippen molar-refractivity contribution in [3.05, 3.63) is 82.9 Å². The van der Waals surface area contributed by atoms with Crippen molar-refractivity contribution in [2.75, 3.05) is 6.54 Å². The fraction of sp³-hybridized carbons (Fsp3) is 0.333. The number of carbonyl (C=O) groups excluding carboxylic acids is 2. The summed E-state index contributed by atoms with van der Waals surface area (Å²) in [5.41, 5.74) is 7.89. The van der Waals surface area contributed by atoms with Crippen LogP contribution < -0.4 is 10.7 Å². The van der Waals surface area contributed by atoms with Gasteiger partial charge in [-0.05, 0) is 54.7 Å². The SMILES string of the molecule is Cc1ccc(C2CC3C(=O)N(CCC(=O)NCc4ccc(F)cc4)C=CN3N2)cc1C. The molecule has 162 valence electrons. The summed E-state index contributed by atoms with van der Waals surface area (Å²) in [6.45, 7) is 4.84. The zero-order valence-corrected chi connectivity index (χ0v) is 17.8. The van der Waals surface area contributed by atoms with Crippen LogP contribution in [0.3, 0.4) is 0 Å². The van der Waals surface area contributed by atoms with Crippen molar-refractivity contribution in [1.29, 1.82) is 0 Å². The van der Waals surface area contributed by atoms with E-state index in [2.05, 4.69) is 42.8 Å². The van der Waals surface area contributed by atoms with Gasteiger partial charge in [0.2, 0.25) is 5.91 Å². The number of carbonyl (C=O) groups is 2. The molecule has 1 saturated heterocycles. The van der Waals surface area contributed by atoms with Crippen molar-refractivity contribution in [3.63, 3.8) is 0 Å². The molecule has 2 N–H and O–H groups in total. The van der Waals surface area contributed by atoms with Gasteiger partial charge >= 0.3 is 0 Å². The van der Waals surface area contributed by atoms with Crippen LogP contribution in [0, 0.1) is 19.7 Å². The maximum Gasteiger partial charge on any atom is 0.250 e. The molecule has 2 aliphatic heterocycles. The normalized spacial score (nSPS) is 20.2. The van der Waals surface area contributed by atoms with Gasteiger partial charge in [0.15, 0.2) is 0 Å². The topological polar surface area (TPSA) is 64.7 Å². The van der Waals surface area contributed by atoms with E-state index in [9.17, 15) is 14.0 Å². The highest BCUT2D eigenvalue weighted by Gasteiger charge is 2.39. The van der Waals surface area contributed by atoms with Gasteiger partial charge in [-0.3, -0.25) is 9.59 Å². The van der Waals surface area contributed by atoms with Crippen LogP contribution in [0.15, 0.2) is 54.9 Å². The number of hydrogen-bond acceptors (Lipinski definition) is 4. The predicted molar refractivity (Wildman–Crippen MR) is 116 cm³/mol. The molecule has 2 unspecified atom stereocenters. The van der Waals surface area contributed by atoms with E-state index >= 15 is 0 Å². The van der Waals surface area contributed by atoms with Crippen molar-refractivity contribution in [2.45, 2.75) is 45.3 Å². The van der Waals surface area contributed by atoms with E-state index in [1.165, 1.54) is 28.8 Å². The van der Waals surface area contributed by atoms with E-state index in [1.54, 1.807) is 23.2 Å². The van der Waals surface area contributed by atoms with E-state index in [0.717, 1.165) is 5.56 Å². The van der Waals surface area contributed by atoms with Gasteiger partial charge < -0.3 is 15.2 Å². The summed E-state index contributed by atoms with van der Waals surface area (Å²) < 4.78 is 13.0. The smallest absolute Gasteiger partial charge is 0.250 e. The highest BCUT2D eigenvalue weighted by atomic mass is 19.1. The Kier molecular flexibility index (Phi) is 6.04. The third kappa shape index (κ3) is 4.77. The van der Waals surface area contributed by atoms with Gasteiger partial charge in [-0.2, -0.15) is 0 Å². The number of aryl methyl sites for hydroxylation is 2. The van der Waals surface area contributed by atoms with Crippen LogP contribution in [-0.2, 0) is 16.1 Å². The van der Waals surface area contributed by atoms with Crippen molar-refractivity contribution in [1.82, 2.24) is 20.7 Å². The molecule has 0 aliphatic carbocycles. The summed E-state index contributed by atoms with van der Waals surface area (Å²) in [6, 6.07) is 12.2. The third-order valence-corrected chi connectivity index (χ3v) is 5.99. The average Bonchev–Trinajstić information content (AvgIpc) is 3.20. The Balaban J connectivity index is 1.29. The van der Waals surface area contributed by atoms with Gasteiger partial charge in [0, 0.05) is 31.9 Å². The number of halogens is 1. The fourth-order valence-electron chi connectivity index (χ4n) is 3.93. The zero-order valence-electron chi connectivity index (χ0n) is 17.8. The molecule has 0 radical (unpaired) electrons. The minimum Gasteiger partial charge on any atom is -0.352 e. The molecule has 2 amide bonds. The van der Waals surface area contributed by atoms with Gasteiger partial charge in [0.25, 0.3) is 5.91 Å². The Morgan fingerprint density at radius 2 is 1.90 bits per heavy atom. The van der Waals surface area contributed by atoms with Gasteiger partial charge in [0.1, 0.15) is 11.9 Å². The van der Waals surface area contributed by atoms with Gasteiger partial charge in [-0.15, -0.1) is 0 Å². The molecule has 2 aromatic rings. The first-order valence-corrected chi connectivity index (χ1v) is 10.5. The zero-order chi connectivity index (χ0) is 22.0. The Morgan fingerprint density at radius 3 is 2.65 bits per heavy atom. The lowest BCUT2D eigenvalue weighted by atomic mass is 9.97. The highest BCUT2D eigenvalue weighted by Crippen LogP contribution is 2.31. The van der Waals surface area contributed by atoms with Gasteiger partial charge in [0.05, 0.1) is 6.04 Å². The van der Waals surface area contributed by atoms with Crippen LogP contribution in [0.4, 0.5) is 4.39 Å². The molecule has 4 rings (SSSR count). The molecule has 0 bridgehead atoms. The number of nitrogens with one attached hydrogen (secondary N) is 2. The first-order chi connectivity index (χ1) is 14.9. The summed E-state index contributed by atoms with van der Waals surface area (Å²) >= 11 is 0. The predicted octanol–water partition coefficient (Wildman–Crippen LogP) is 3.08. The first-order valence-electron chi connectivity index (χ1n) is 10.5. The molecule has 2 heterocycles. The number of hydrogen-bond donors (Lipinski definition) is 2. The number of amides is 2. The van der Waals surface area contributed by atoms with Gasteiger partial charge in [-0.25, -0.2) is 9.82 Å². The molecule has 2 aliphatic rings. The number of rotatable bonds is 6. The number of benzene rings is 2. The van der Waals surface area contributed by atoms with Crippen LogP contribution in [0.2, 0.25) is 0 Å². The van der Waals surface area contributed by atoms with Crippen molar-refractivity contribution < 1.29 is 14.0 Å². The van der Waals surface area contributed by atoms with E-state index in [4.69, 9.17) is 0 Å². The Morgan fingerprint density at radius 1 is 1.13 bits per heavy atom. The molecule has 0 spiro atoms. The summed E-state index contributed by atoms with van der Waals surface area (Å²) in [6.07, 6.45) is 4.47. The molecular formula is C24H27FN4O2. The summed E-state index contributed by atoms with van der Waals surface area (Å²) in [7, 11) is 0. The monoisotopic (exact) mass is 422 g/mol. The molecule has 1 fully saturated rings. The van der Waals surface area contributed by atoms with Gasteiger partial charge in [-0.1, -0.05) is 30.3 Å². The van der Waals surface area contributed by atoms with E-state index in [1.807, 2.05) is 11.2 Å². The molecule has 0 aromatic heterocycles. The second-order valence-corrected chi connectivity index (χ2v) is 8.17. The standard InChI is InChI=1S/C24H27FN4O2/c1-16-3-6-19(13-17(16)2)21-14-22-24(31)28(11-12-29(22)27-21)10-9-23(30)26-15-18-4-7-20(25)8-5-18/h3-8,11-13,21-22,27H,9-10,14-15H2,1-2H3,(H,26,30). The number of fused-ring (bicyclic) bond motifs is 1. The van der Waals surface area contributed by atoms with Crippen molar-refractivity contribution in [3.8, 4) is 0 Å². The van der Waals surface area contributed by atoms with Crippen molar-refractivity contribution >= 4 is 11.8 Å². The number of hydrazine groups is 1. The largest absolute Gasteiger partial charge is 0.352 e. The minimum atomic E-state index is -0.305. The second-order valence-electron chi connectivity index (χ2n) is 8.17. The van der Waals surface area contributed by atoms with Crippen LogP contribution in [0.25, 0.3) is 0 Å². The summed E-state index contributed by atoms with van der Waals surface area (Å²) in [5, 5.41) is 4.68. The lowest BCUT2D eigenvalue weighted by Crippen LogP contribution is -2.48. The lowest BCUT2D eigenvalue weighted by molar-refractivity contribution is -0.134. The number of nitrogens with zero attached hydrogens (tertiary/aromatic N) is 2. The van der Waals surface area contributed by atoms with Crippen LogP contribution in [0.5, 0.6) is 0 Å². The second kappa shape index (κ2) is 8.89. The minimum absolute atomic E-state index is 0.00679. The summed E-state index contributed by atoms with van der Waals surface area (Å²) in [4.78, 5) is 26.8. The summed E-state index contributed by atoms with van der Waals surface area (Å²) in [5.74, 6) is -0.459. The quantitative estimate of drug-likeness (QED) is 0.751. The fourth-order valence-corrected chi connectivity index (χ4v) is 3.93. The van der Waals surface area contributed by atoms with Crippen LogP contribution in [-0.4, -0.2) is 34.3 Å². The highest BCUT2D eigenvalue weighted by molar-refractivity contribution is 5.85. The average molecular weight is 423 g/mol. The molecule has 2 atom stereocenters. The van der Waals surface area contributed by atoms with Crippen molar-refractivity contribution in [2.24, 2.45) is 0 Å². The maximum atomic E-state index is 13.0. The van der Waals surface area contributed by atoms with E-state index in [-0.39, 0.29) is 36.1 Å². The third-order valence-electron chi connectivity index (χ3n) is 5.99. The lowest BCUT2D eigenvalue weighted by Gasteiger charge is -2.31. The molecular weight excluding hydrogens is 395 g/mol. The van der Waals surface area contributed by atoms with Crippen LogP contribution in [0.1, 0.15) is 41.1 Å².